The molecule has 19 heavy (non-hydrogen) atoms. The molecular weight excluding hydrogens is 256 g/mol. The van der Waals surface area contributed by atoms with Crippen LogP contribution in [0.3, 0.4) is 0 Å². The van der Waals surface area contributed by atoms with Gasteiger partial charge in [0, 0.05) is 24.5 Å². The highest BCUT2D eigenvalue weighted by atomic mass is 32.1. The molecule has 0 atom stereocenters. The number of rotatable bonds is 5. The fraction of sp³-hybridized carbons (Fsp3) is 0.500. The standard InChI is InChI=1S/C14H22N4S/c1-18-8-5-12(6-9-18)11-17-14(15)16-7-4-13-3-2-10-19-13/h2-3,5,10H,4,6-9,11H2,1H3,(H3,15,16,17). The molecule has 0 aliphatic carbocycles. The van der Waals surface area contributed by atoms with Gasteiger partial charge < -0.3 is 16.0 Å². The van der Waals surface area contributed by atoms with Gasteiger partial charge in [0.05, 0.1) is 6.54 Å². The summed E-state index contributed by atoms with van der Waals surface area (Å²) >= 11 is 1.78. The predicted octanol–water partition coefficient (Wildman–Crippen LogP) is 1.46. The molecule has 0 saturated carbocycles. The number of guanidine groups is 1. The van der Waals surface area contributed by atoms with Crippen LogP contribution in [0.2, 0.25) is 0 Å². The summed E-state index contributed by atoms with van der Waals surface area (Å²) in [6.45, 7) is 3.72. The number of nitrogens with two attached hydrogens (primary N) is 1. The van der Waals surface area contributed by atoms with Crippen LogP contribution in [-0.2, 0) is 6.42 Å². The van der Waals surface area contributed by atoms with Gasteiger partial charge in [-0.2, -0.15) is 0 Å². The van der Waals surface area contributed by atoms with Crippen molar-refractivity contribution in [1.82, 2.24) is 10.2 Å². The van der Waals surface area contributed by atoms with E-state index in [1.807, 2.05) is 0 Å². The Morgan fingerprint density at radius 3 is 3.16 bits per heavy atom. The molecule has 1 aliphatic rings. The fourth-order valence-electron chi connectivity index (χ4n) is 1.97. The molecule has 0 amide bonds. The summed E-state index contributed by atoms with van der Waals surface area (Å²) in [6.07, 6.45) is 4.36. The highest BCUT2D eigenvalue weighted by Crippen LogP contribution is 2.09. The Morgan fingerprint density at radius 2 is 2.47 bits per heavy atom. The van der Waals surface area contributed by atoms with Crippen LogP contribution in [0.15, 0.2) is 34.2 Å². The predicted molar refractivity (Wildman–Crippen MR) is 82.7 cm³/mol. The third kappa shape index (κ3) is 5.04. The summed E-state index contributed by atoms with van der Waals surface area (Å²) in [4.78, 5) is 8.07. The van der Waals surface area contributed by atoms with Gasteiger partial charge in [0.2, 0.25) is 0 Å². The molecule has 0 aromatic carbocycles. The van der Waals surface area contributed by atoms with Crippen LogP contribution < -0.4 is 11.1 Å². The van der Waals surface area contributed by atoms with Crippen molar-refractivity contribution in [2.24, 2.45) is 10.7 Å². The topological polar surface area (TPSA) is 53.6 Å². The quantitative estimate of drug-likeness (QED) is 0.487. The van der Waals surface area contributed by atoms with Gasteiger partial charge in [0.15, 0.2) is 5.96 Å². The maximum Gasteiger partial charge on any atom is 0.188 e. The van der Waals surface area contributed by atoms with E-state index in [-0.39, 0.29) is 0 Å². The summed E-state index contributed by atoms with van der Waals surface area (Å²) in [7, 11) is 2.14. The Balaban J connectivity index is 1.68. The molecule has 2 heterocycles. The Bertz CT molecular complexity index is 436. The number of nitrogens with zero attached hydrogens (tertiary/aromatic N) is 2. The molecule has 0 saturated heterocycles. The first kappa shape index (κ1) is 14.1. The summed E-state index contributed by atoms with van der Waals surface area (Å²) in [5, 5.41) is 5.26. The molecule has 2 rings (SSSR count). The number of thiophene rings is 1. The van der Waals surface area contributed by atoms with Crippen molar-refractivity contribution in [3.8, 4) is 0 Å². The molecular formula is C14H22N4S. The molecule has 0 unspecified atom stereocenters. The van der Waals surface area contributed by atoms with Crippen LogP contribution >= 0.6 is 11.3 Å². The van der Waals surface area contributed by atoms with Gasteiger partial charge in [-0.1, -0.05) is 17.7 Å². The van der Waals surface area contributed by atoms with Crippen molar-refractivity contribution in [2.45, 2.75) is 12.8 Å². The van der Waals surface area contributed by atoms with E-state index in [0.717, 1.165) is 39.0 Å². The van der Waals surface area contributed by atoms with Gasteiger partial charge >= 0.3 is 0 Å². The largest absolute Gasteiger partial charge is 0.370 e. The highest BCUT2D eigenvalue weighted by Gasteiger charge is 2.06. The maximum atomic E-state index is 5.86. The maximum absolute atomic E-state index is 5.86. The lowest BCUT2D eigenvalue weighted by atomic mass is 10.1. The average molecular weight is 278 g/mol. The molecule has 5 heteroatoms. The summed E-state index contributed by atoms with van der Waals surface area (Å²) in [5.74, 6) is 0.552. The minimum absolute atomic E-state index is 0.552. The van der Waals surface area contributed by atoms with Gasteiger partial charge in [-0.25, -0.2) is 4.99 Å². The Kier molecular flexibility index (Phi) is 5.42. The minimum atomic E-state index is 0.552. The molecule has 4 nitrogen and oxygen atoms in total. The molecule has 0 spiro atoms. The molecule has 0 radical (unpaired) electrons. The Labute approximate surface area is 119 Å². The van der Waals surface area contributed by atoms with Crippen LogP contribution in [0.25, 0.3) is 0 Å². The van der Waals surface area contributed by atoms with Crippen LogP contribution in [0, 0.1) is 0 Å². The van der Waals surface area contributed by atoms with Crippen LogP contribution in [0.4, 0.5) is 0 Å². The van der Waals surface area contributed by atoms with E-state index >= 15 is 0 Å². The van der Waals surface area contributed by atoms with Gasteiger partial charge in [0.25, 0.3) is 0 Å². The van der Waals surface area contributed by atoms with Crippen LogP contribution in [0.5, 0.6) is 0 Å². The second-order valence-corrected chi connectivity index (χ2v) is 5.86. The summed E-state index contributed by atoms with van der Waals surface area (Å²) in [5.41, 5.74) is 7.25. The van der Waals surface area contributed by atoms with E-state index in [0.29, 0.717) is 5.96 Å². The molecule has 104 valence electrons. The zero-order valence-electron chi connectivity index (χ0n) is 11.4. The van der Waals surface area contributed by atoms with E-state index in [9.17, 15) is 0 Å². The van der Waals surface area contributed by atoms with E-state index in [2.05, 4.69) is 45.8 Å². The van der Waals surface area contributed by atoms with Crippen molar-refractivity contribution < 1.29 is 0 Å². The zero-order valence-corrected chi connectivity index (χ0v) is 12.2. The van der Waals surface area contributed by atoms with Crippen molar-refractivity contribution in [2.75, 3.05) is 33.2 Å². The monoisotopic (exact) mass is 278 g/mol. The van der Waals surface area contributed by atoms with E-state index in [1.165, 1.54) is 10.5 Å². The average Bonchev–Trinajstić information content (AvgIpc) is 2.91. The molecule has 1 aliphatic heterocycles. The highest BCUT2D eigenvalue weighted by molar-refractivity contribution is 7.09. The number of nitrogens with one attached hydrogen (secondary N) is 1. The fourth-order valence-corrected chi connectivity index (χ4v) is 2.68. The summed E-state index contributed by atoms with van der Waals surface area (Å²) < 4.78 is 0. The van der Waals surface area contributed by atoms with Crippen molar-refractivity contribution in [1.29, 1.82) is 0 Å². The summed E-state index contributed by atoms with van der Waals surface area (Å²) in [6, 6.07) is 4.22. The second-order valence-electron chi connectivity index (χ2n) is 4.83. The van der Waals surface area contributed by atoms with Gasteiger partial charge in [-0.15, -0.1) is 11.3 Å². The first-order chi connectivity index (χ1) is 9.24. The number of aliphatic imine (C=N–C) groups is 1. The van der Waals surface area contributed by atoms with E-state index in [4.69, 9.17) is 5.73 Å². The lowest BCUT2D eigenvalue weighted by Crippen LogP contribution is -2.33. The third-order valence-corrected chi connectivity index (χ3v) is 4.15. The smallest absolute Gasteiger partial charge is 0.188 e. The normalized spacial score (nSPS) is 17.3. The van der Waals surface area contributed by atoms with Gasteiger partial charge in [0.1, 0.15) is 0 Å². The molecule has 1 aromatic heterocycles. The number of hydrogen-bond donors (Lipinski definition) is 2. The molecule has 0 fully saturated rings. The van der Waals surface area contributed by atoms with Crippen molar-refractivity contribution in [3.05, 3.63) is 34.0 Å². The van der Waals surface area contributed by atoms with Crippen LogP contribution in [-0.4, -0.2) is 44.1 Å². The first-order valence-electron chi connectivity index (χ1n) is 6.66. The van der Waals surface area contributed by atoms with Gasteiger partial charge in [-0.3, -0.25) is 0 Å². The Hall–Kier alpha value is -1.33. The lowest BCUT2D eigenvalue weighted by Gasteiger charge is -2.21. The van der Waals surface area contributed by atoms with Crippen LogP contribution in [0.1, 0.15) is 11.3 Å². The SMILES string of the molecule is CN1CC=C(CN=C(N)NCCc2cccs2)CC1. The zero-order chi connectivity index (χ0) is 13.5. The first-order valence-corrected chi connectivity index (χ1v) is 7.54. The molecule has 3 N–H and O–H groups in total. The van der Waals surface area contributed by atoms with Crippen molar-refractivity contribution in [3.63, 3.8) is 0 Å². The lowest BCUT2D eigenvalue weighted by molar-refractivity contribution is 0.358. The number of likely N-dealkylation sites (N-methyl/N-ethyl adjacent to an activating group) is 1. The van der Waals surface area contributed by atoms with E-state index < -0.39 is 0 Å². The Morgan fingerprint density at radius 1 is 1.58 bits per heavy atom. The molecule has 0 bridgehead atoms. The number of hydrogen-bond acceptors (Lipinski definition) is 3. The molecule has 1 aromatic rings. The second kappa shape index (κ2) is 7.31. The van der Waals surface area contributed by atoms with E-state index in [1.54, 1.807) is 11.3 Å². The van der Waals surface area contributed by atoms with Crippen molar-refractivity contribution >= 4 is 17.3 Å². The van der Waals surface area contributed by atoms with Gasteiger partial charge in [-0.05, 0) is 31.3 Å². The minimum Gasteiger partial charge on any atom is -0.370 e. The third-order valence-electron chi connectivity index (χ3n) is 3.22.